The van der Waals surface area contributed by atoms with E-state index in [1.165, 1.54) is 6.20 Å². The summed E-state index contributed by atoms with van der Waals surface area (Å²) in [4.78, 5) is 12.4. The SMILES string of the molecule is CCOc1ccc(C)cc1C(C)N/C=C(/C#N)C(=O)Nc1ccccc1C#N. The molecule has 142 valence electrons. The van der Waals surface area contributed by atoms with Crippen LogP contribution in [0.3, 0.4) is 0 Å². The first-order valence-electron chi connectivity index (χ1n) is 8.90. The van der Waals surface area contributed by atoms with Crippen molar-refractivity contribution in [2.45, 2.75) is 26.8 Å². The fourth-order valence-electron chi connectivity index (χ4n) is 2.62. The van der Waals surface area contributed by atoms with E-state index >= 15 is 0 Å². The second-order valence-electron chi connectivity index (χ2n) is 6.14. The van der Waals surface area contributed by atoms with E-state index in [9.17, 15) is 10.1 Å². The lowest BCUT2D eigenvalue weighted by atomic mass is 10.0. The number of carbonyl (C=O) groups excluding carboxylic acids is 1. The molecule has 0 aliphatic rings. The lowest BCUT2D eigenvalue weighted by Gasteiger charge is -2.18. The highest BCUT2D eigenvalue weighted by molar-refractivity contribution is 6.07. The Labute approximate surface area is 165 Å². The van der Waals surface area contributed by atoms with E-state index in [-0.39, 0.29) is 11.6 Å². The number of ether oxygens (including phenoxy) is 1. The maximum absolute atomic E-state index is 12.4. The average Bonchev–Trinajstić information content (AvgIpc) is 2.70. The average molecular weight is 374 g/mol. The minimum Gasteiger partial charge on any atom is -0.494 e. The van der Waals surface area contributed by atoms with Gasteiger partial charge in [-0.15, -0.1) is 0 Å². The van der Waals surface area contributed by atoms with Gasteiger partial charge in [0.05, 0.1) is 23.9 Å². The number of carbonyl (C=O) groups is 1. The number of nitrogens with zero attached hydrogens (tertiary/aromatic N) is 2. The van der Waals surface area contributed by atoms with Gasteiger partial charge in [0.1, 0.15) is 23.5 Å². The Bertz CT molecular complexity index is 967. The van der Waals surface area contributed by atoms with Crippen molar-refractivity contribution in [3.05, 3.63) is 70.9 Å². The van der Waals surface area contributed by atoms with Crippen molar-refractivity contribution in [3.63, 3.8) is 0 Å². The second kappa shape index (κ2) is 9.80. The number of hydrogen-bond acceptors (Lipinski definition) is 5. The zero-order chi connectivity index (χ0) is 20.5. The third-order valence-electron chi connectivity index (χ3n) is 4.07. The molecule has 0 radical (unpaired) electrons. The number of nitriles is 2. The lowest BCUT2D eigenvalue weighted by molar-refractivity contribution is -0.112. The molecule has 0 spiro atoms. The Morgan fingerprint density at radius 3 is 2.68 bits per heavy atom. The number of amides is 1. The van der Waals surface area contributed by atoms with Gasteiger partial charge in [0, 0.05) is 11.8 Å². The minimum absolute atomic E-state index is 0.0924. The van der Waals surface area contributed by atoms with E-state index in [4.69, 9.17) is 10.00 Å². The molecule has 1 atom stereocenters. The van der Waals surface area contributed by atoms with Crippen LogP contribution >= 0.6 is 0 Å². The first-order valence-corrected chi connectivity index (χ1v) is 8.90. The highest BCUT2D eigenvalue weighted by Gasteiger charge is 2.14. The molecule has 0 aliphatic carbocycles. The standard InChI is InChI=1S/C22H22N4O2/c1-4-28-21-10-9-15(2)11-19(21)16(3)25-14-18(13-24)22(27)26-20-8-6-5-7-17(20)12-23/h5-11,14,16,25H,4H2,1-3H3,(H,26,27)/b18-14-. The number of para-hydroxylation sites is 1. The van der Waals surface area contributed by atoms with Gasteiger partial charge in [0.25, 0.3) is 5.91 Å². The molecule has 0 saturated heterocycles. The summed E-state index contributed by atoms with van der Waals surface area (Å²) >= 11 is 0. The summed E-state index contributed by atoms with van der Waals surface area (Å²) < 4.78 is 5.66. The molecule has 1 unspecified atom stereocenters. The molecule has 6 nitrogen and oxygen atoms in total. The molecule has 0 aromatic heterocycles. The van der Waals surface area contributed by atoms with Crippen LogP contribution in [0.2, 0.25) is 0 Å². The number of aryl methyl sites for hydroxylation is 1. The van der Waals surface area contributed by atoms with E-state index < -0.39 is 5.91 Å². The van der Waals surface area contributed by atoms with Crippen LogP contribution in [0, 0.1) is 29.6 Å². The molecular weight excluding hydrogens is 352 g/mol. The first kappa shape index (κ1) is 20.5. The monoisotopic (exact) mass is 374 g/mol. The molecule has 0 bridgehead atoms. The third-order valence-corrected chi connectivity index (χ3v) is 4.07. The Balaban J connectivity index is 2.17. The topological polar surface area (TPSA) is 97.9 Å². The highest BCUT2D eigenvalue weighted by atomic mass is 16.5. The van der Waals surface area contributed by atoms with Crippen molar-refractivity contribution in [1.29, 1.82) is 10.5 Å². The molecule has 0 saturated carbocycles. The number of hydrogen-bond donors (Lipinski definition) is 2. The van der Waals surface area contributed by atoms with Gasteiger partial charge in [-0.2, -0.15) is 10.5 Å². The Hall–Kier alpha value is -3.77. The van der Waals surface area contributed by atoms with Crippen molar-refractivity contribution < 1.29 is 9.53 Å². The molecule has 2 aromatic carbocycles. The summed E-state index contributed by atoms with van der Waals surface area (Å²) in [6.45, 7) is 6.37. The smallest absolute Gasteiger partial charge is 0.267 e. The summed E-state index contributed by atoms with van der Waals surface area (Å²) in [5, 5.41) is 24.2. The molecule has 6 heteroatoms. The van der Waals surface area contributed by atoms with Gasteiger partial charge in [0.15, 0.2) is 0 Å². The maximum Gasteiger partial charge on any atom is 0.267 e. The molecular formula is C22H22N4O2. The van der Waals surface area contributed by atoms with E-state index in [1.54, 1.807) is 24.3 Å². The third kappa shape index (κ3) is 5.12. The van der Waals surface area contributed by atoms with Crippen LogP contribution in [0.4, 0.5) is 5.69 Å². The first-order chi connectivity index (χ1) is 13.5. The van der Waals surface area contributed by atoms with Gasteiger partial charge in [-0.3, -0.25) is 4.79 Å². The van der Waals surface area contributed by atoms with Crippen LogP contribution in [-0.4, -0.2) is 12.5 Å². The van der Waals surface area contributed by atoms with Crippen LogP contribution in [0.1, 0.15) is 36.6 Å². The zero-order valence-electron chi connectivity index (χ0n) is 16.1. The van der Waals surface area contributed by atoms with Crippen molar-refractivity contribution in [1.82, 2.24) is 5.32 Å². The van der Waals surface area contributed by atoms with Gasteiger partial charge >= 0.3 is 0 Å². The van der Waals surface area contributed by atoms with Gasteiger partial charge in [-0.05, 0) is 39.0 Å². The Kier molecular flexibility index (Phi) is 7.19. The molecule has 0 aliphatic heterocycles. The molecule has 2 rings (SSSR count). The normalized spacial score (nSPS) is 11.7. The second-order valence-corrected chi connectivity index (χ2v) is 6.14. The van der Waals surface area contributed by atoms with Crippen LogP contribution in [0.15, 0.2) is 54.2 Å². The predicted molar refractivity (Wildman–Crippen MR) is 107 cm³/mol. The fourth-order valence-corrected chi connectivity index (χ4v) is 2.62. The van der Waals surface area contributed by atoms with Crippen molar-refractivity contribution in [2.75, 3.05) is 11.9 Å². The Morgan fingerprint density at radius 2 is 2.00 bits per heavy atom. The highest BCUT2D eigenvalue weighted by Crippen LogP contribution is 2.26. The number of anilines is 1. The van der Waals surface area contributed by atoms with Crippen LogP contribution in [-0.2, 0) is 4.79 Å². The van der Waals surface area contributed by atoms with Gasteiger partial charge in [0.2, 0.25) is 0 Å². The largest absolute Gasteiger partial charge is 0.494 e. The van der Waals surface area contributed by atoms with E-state index in [0.717, 1.165) is 16.9 Å². The van der Waals surface area contributed by atoms with E-state index in [1.807, 2.05) is 51.1 Å². The molecule has 2 aromatic rings. The van der Waals surface area contributed by atoms with Crippen LogP contribution in [0.25, 0.3) is 0 Å². The predicted octanol–water partition coefficient (Wildman–Crippen LogP) is 3.96. The minimum atomic E-state index is -0.584. The molecule has 2 N–H and O–H groups in total. The summed E-state index contributed by atoms with van der Waals surface area (Å²) in [7, 11) is 0. The molecule has 28 heavy (non-hydrogen) atoms. The number of nitrogens with one attached hydrogen (secondary N) is 2. The van der Waals surface area contributed by atoms with Gasteiger partial charge in [-0.25, -0.2) is 0 Å². The zero-order valence-corrected chi connectivity index (χ0v) is 16.1. The van der Waals surface area contributed by atoms with Crippen molar-refractivity contribution in [3.8, 4) is 17.9 Å². The summed E-state index contributed by atoms with van der Waals surface area (Å²) in [5.74, 6) is 0.173. The quantitative estimate of drug-likeness (QED) is 0.565. The summed E-state index contributed by atoms with van der Waals surface area (Å²) in [6, 6.07) is 16.2. The van der Waals surface area contributed by atoms with Crippen LogP contribution in [0.5, 0.6) is 5.75 Å². The van der Waals surface area contributed by atoms with E-state index in [0.29, 0.717) is 17.9 Å². The Morgan fingerprint density at radius 1 is 1.25 bits per heavy atom. The molecule has 0 fully saturated rings. The van der Waals surface area contributed by atoms with Crippen molar-refractivity contribution in [2.24, 2.45) is 0 Å². The van der Waals surface area contributed by atoms with E-state index in [2.05, 4.69) is 10.6 Å². The number of benzene rings is 2. The maximum atomic E-state index is 12.4. The van der Waals surface area contributed by atoms with Gasteiger partial charge < -0.3 is 15.4 Å². The van der Waals surface area contributed by atoms with Gasteiger partial charge in [-0.1, -0.05) is 29.8 Å². The van der Waals surface area contributed by atoms with Crippen LogP contribution < -0.4 is 15.4 Å². The fraction of sp³-hybridized carbons (Fsp3) is 0.227. The summed E-state index contributed by atoms with van der Waals surface area (Å²) in [6.07, 6.45) is 1.38. The lowest BCUT2D eigenvalue weighted by Crippen LogP contribution is -2.19. The molecule has 1 amide bonds. The number of rotatable bonds is 7. The van der Waals surface area contributed by atoms with Crippen molar-refractivity contribution >= 4 is 11.6 Å². The molecule has 0 heterocycles. The summed E-state index contributed by atoms with van der Waals surface area (Å²) in [5.41, 5.74) is 2.62.